The number of nitrogens with zero attached hydrogens (tertiary/aromatic N) is 3. The van der Waals surface area contributed by atoms with E-state index in [9.17, 15) is 4.79 Å². The molecule has 4 aromatic rings. The summed E-state index contributed by atoms with van der Waals surface area (Å²) >= 11 is 3.18. The molecule has 1 N–H and O–H groups in total. The fourth-order valence-electron chi connectivity index (χ4n) is 3.22. The van der Waals surface area contributed by atoms with Gasteiger partial charge in [-0.05, 0) is 42.0 Å². The smallest absolute Gasteiger partial charge is 0.256 e. The van der Waals surface area contributed by atoms with Crippen LogP contribution in [0.15, 0.2) is 76.8 Å². The van der Waals surface area contributed by atoms with Crippen molar-refractivity contribution in [2.75, 3.05) is 5.32 Å². The third-order valence-corrected chi connectivity index (χ3v) is 6.86. The molecule has 0 atom stereocenters. The number of hydrogen-bond donors (Lipinski definition) is 1. The molecule has 30 heavy (non-hydrogen) atoms. The van der Waals surface area contributed by atoms with Crippen molar-refractivity contribution in [2.24, 2.45) is 0 Å². The molecule has 5 nitrogen and oxygen atoms in total. The first-order valence-electron chi connectivity index (χ1n) is 9.22. The predicted molar refractivity (Wildman–Crippen MR) is 118 cm³/mol. The van der Waals surface area contributed by atoms with Gasteiger partial charge in [-0.3, -0.25) is 9.78 Å². The van der Waals surface area contributed by atoms with Crippen LogP contribution in [0.25, 0.3) is 10.7 Å². The van der Waals surface area contributed by atoms with Crippen LogP contribution < -0.4 is 5.32 Å². The van der Waals surface area contributed by atoms with Crippen molar-refractivity contribution in [3.05, 3.63) is 88.6 Å². The lowest BCUT2D eigenvalue weighted by Gasteiger charge is -2.08. The maximum Gasteiger partial charge on any atom is 0.256 e. The third-order valence-electron chi connectivity index (χ3n) is 4.69. The number of anilines is 1. The molecule has 1 aliphatic rings. The Kier molecular flexibility index (Phi) is 4.79. The highest BCUT2D eigenvalue weighted by Crippen LogP contribution is 2.39. The molecule has 144 valence electrons. The van der Waals surface area contributed by atoms with Crippen molar-refractivity contribution in [3.63, 3.8) is 0 Å². The number of amides is 1. The van der Waals surface area contributed by atoms with Gasteiger partial charge < -0.3 is 5.32 Å². The topological polar surface area (TPSA) is 78.7 Å². The van der Waals surface area contributed by atoms with Gasteiger partial charge in [0, 0.05) is 33.5 Å². The molecule has 0 aliphatic carbocycles. The molecule has 2 aromatic heterocycles. The quantitative estimate of drug-likeness (QED) is 0.475. The first-order valence-corrected chi connectivity index (χ1v) is 10.9. The molecule has 1 amide bonds. The van der Waals surface area contributed by atoms with E-state index in [-0.39, 0.29) is 5.91 Å². The van der Waals surface area contributed by atoms with Gasteiger partial charge in [-0.1, -0.05) is 30.0 Å². The Hall–Kier alpha value is -3.47. The monoisotopic (exact) mass is 426 g/mol. The summed E-state index contributed by atoms with van der Waals surface area (Å²) in [6.45, 7) is 0. The standard InChI is InChI=1S/C23H14N4OS2/c24-11-15-5-7-18(25-12-15)23-26-13-16(29-23)9-14-6-8-21-19(10-14)27-22(28)17-3-1-2-4-20(17)30-21/h1-8,10,12-13H,9H2,(H,27,28). The van der Waals surface area contributed by atoms with E-state index in [2.05, 4.69) is 33.5 Å². The van der Waals surface area contributed by atoms with Crippen LogP contribution >= 0.6 is 23.1 Å². The number of rotatable bonds is 3. The van der Waals surface area contributed by atoms with Gasteiger partial charge in [-0.2, -0.15) is 5.26 Å². The van der Waals surface area contributed by atoms with E-state index in [1.165, 1.54) is 0 Å². The largest absolute Gasteiger partial charge is 0.321 e. The van der Waals surface area contributed by atoms with Crippen molar-refractivity contribution in [3.8, 4) is 16.8 Å². The van der Waals surface area contributed by atoms with E-state index in [1.807, 2.05) is 42.6 Å². The van der Waals surface area contributed by atoms with Gasteiger partial charge in [0.05, 0.1) is 22.5 Å². The second-order valence-corrected chi connectivity index (χ2v) is 8.93. The third kappa shape index (κ3) is 3.59. The van der Waals surface area contributed by atoms with Gasteiger partial charge in [0.15, 0.2) is 0 Å². The lowest BCUT2D eigenvalue weighted by Crippen LogP contribution is -2.11. The second-order valence-electron chi connectivity index (χ2n) is 6.74. The molecule has 0 unspecified atom stereocenters. The summed E-state index contributed by atoms with van der Waals surface area (Å²) in [5.41, 5.74) is 3.92. The number of pyridine rings is 1. The molecule has 0 spiro atoms. The van der Waals surface area contributed by atoms with Crippen LogP contribution in [0.3, 0.4) is 0 Å². The average Bonchev–Trinajstić information content (AvgIpc) is 3.18. The van der Waals surface area contributed by atoms with E-state index in [4.69, 9.17) is 5.26 Å². The number of carbonyl (C=O) groups is 1. The molecule has 3 heterocycles. The van der Waals surface area contributed by atoms with E-state index in [0.717, 1.165) is 36.6 Å². The van der Waals surface area contributed by atoms with Crippen LogP contribution in [0.4, 0.5) is 5.69 Å². The summed E-state index contributed by atoms with van der Waals surface area (Å²) in [5.74, 6) is -0.0824. The molecule has 0 fully saturated rings. The summed E-state index contributed by atoms with van der Waals surface area (Å²) in [7, 11) is 0. The van der Waals surface area contributed by atoms with Gasteiger partial charge >= 0.3 is 0 Å². The highest BCUT2D eigenvalue weighted by atomic mass is 32.2. The second kappa shape index (κ2) is 7.75. The summed E-state index contributed by atoms with van der Waals surface area (Å²) < 4.78 is 0. The van der Waals surface area contributed by atoms with Crippen molar-refractivity contribution in [1.82, 2.24) is 9.97 Å². The van der Waals surface area contributed by atoms with E-state index >= 15 is 0 Å². The molecule has 1 aliphatic heterocycles. The lowest BCUT2D eigenvalue weighted by molar-refractivity contribution is 0.102. The minimum Gasteiger partial charge on any atom is -0.321 e. The number of benzene rings is 2. The first kappa shape index (κ1) is 18.6. The van der Waals surface area contributed by atoms with E-state index in [1.54, 1.807) is 35.4 Å². The highest BCUT2D eigenvalue weighted by molar-refractivity contribution is 7.99. The number of nitrogens with one attached hydrogen (secondary N) is 1. The van der Waals surface area contributed by atoms with Gasteiger partial charge in [0.1, 0.15) is 11.1 Å². The zero-order valence-electron chi connectivity index (χ0n) is 15.6. The Morgan fingerprint density at radius 1 is 1.00 bits per heavy atom. The number of carbonyl (C=O) groups excluding carboxylic acids is 1. The normalized spacial score (nSPS) is 12.3. The number of aromatic nitrogens is 2. The Bertz CT molecular complexity index is 1310. The average molecular weight is 427 g/mol. The van der Waals surface area contributed by atoms with Crippen LogP contribution in [-0.4, -0.2) is 15.9 Å². The Morgan fingerprint density at radius 2 is 1.90 bits per heavy atom. The molecule has 0 saturated carbocycles. The zero-order chi connectivity index (χ0) is 20.5. The van der Waals surface area contributed by atoms with Crippen LogP contribution in [0.2, 0.25) is 0 Å². The van der Waals surface area contributed by atoms with Gasteiger partial charge in [-0.15, -0.1) is 11.3 Å². The number of thiazole rings is 1. The van der Waals surface area contributed by atoms with Crippen molar-refractivity contribution >= 4 is 34.7 Å². The van der Waals surface area contributed by atoms with Gasteiger partial charge in [0.2, 0.25) is 0 Å². The van der Waals surface area contributed by atoms with Crippen molar-refractivity contribution in [2.45, 2.75) is 16.2 Å². The van der Waals surface area contributed by atoms with Gasteiger partial charge in [-0.25, -0.2) is 4.98 Å². The van der Waals surface area contributed by atoms with Crippen LogP contribution in [0.1, 0.15) is 26.4 Å². The minimum atomic E-state index is -0.0824. The van der Waals surface area contributed by atoms with E-state index < -0.39 is 0 Å². The maximum absolute atomic E-state index is 12.6. The summed E-state index contributed by atoms with van der Waals surface area (Å²) in [6.07, 6.45) is 4.13. The fourth-order valence-corrected chi connectivity index (χ4v) is 5.15. The van der Waals surface area contributed by atoms with Crippen molar-refractivity contribution in [1.29, 1.82) is 5.26 Å². The molecule has 0 radical (unpaired) electrons. The Balaban J connectivity index is 1.38. The number of nitriles is 1. The number of hydrogen-bond acceptors (Lipinski definition) is 6. The fraction of sp³-hybridized carbons (Fsp3) is 0.0435. The highest BCUT2D eigenvalue weighted by Gasteiger charge is 2.19. The lowest BCUT2D eigenvalue weighted by atomic mass is 10.1. The molecule has 5 rings (SSSR count). The Morgan fingerprint density at radius 3 is 2.73 bits per heavy atom. The maximum atomic E-state index is 12.6. The summed E-state index contributed by atoms with van der Waals surface area (Å²) in [5, 5.41) is 12.8. The van der Waals surface area contributed by atoms with E-state index in [0.29, 0.717) is 17.5 Å². The van der Waals surface area contributed by atoms with Crippen molar-refractivity contribution < 1.29 is 4.79 Å². The molecule has 2 aromatic carbocycles. The molecular formula is C23H14N4OS2. The minimum absolute atomic E-state index is 0.0824. The number of fused-ring (bicyclic) bond motifs is 2. The molecule has 7 heteroatoms. The zero-order valence-corrected chi connectivity index (χ0v) is 17.3. The van der Waals surface area contributed by atoms with Crippen LogP contribution in [0.5, 0.6) is 0 Å². The first-order chi connectivity index (χ1) is 14.7. The molecule has 0 saturated heterocycles. The molecular weight excluding hydrogens is 412 g/mol. The predicted octanol–water partition coefficient (Wildman–Crippen LogP) is 5.38. The summed E-state index contributed by atoms with van der Waals surface area (Å²) in [6, 6.07) is 19.5. The van der Waals surface area contributed by atoms with Gasteiger partial charge in [0.25, 0.3) is 5.91 Å². The molecule has 0 bridgehead atoms. The Labute approximate surface area is 181 Å². The summed E-state index contributed by atoms with van der Waals surface area (Å²) in [4.78, 5) is 24.5. The van der Waals surface area contributed by atoms with Crippen LogP contribution in [-0.2, 0) is 6.42 Å². The SMILES string of the molecule is N#Cc1ccc(-c2ncc(Cc3ccc4c(c3)NC(=O)c3ccccc3S4)s2)nc1. The van der Waals surface area contributed by atoms with Crippen LogP contribution in [0, 0.1) is 11.3 Å².